The Hall–Kier alpha value is -1.22. The Kier molecular flexibility index (Phi) is 4.48. The highest BCUT2D eigenvalue weighted by Gasteiger charge is 2.20. The molecule has 0 aromatic heterocycles. The maximum absolute atomic E-state index is 5.94. The Labute approximate surface area is 110 Å². The molecule has 1 aliphatic rings. The van der Waals surface area contributed by atoms with Gasteiger partial charge in [-0.1, -0.05) is 6.42 Å². The third kappa shape index (κ3) is 2.96. The van der Waals surface area contributed by atoms with Crippen LogP contribution in [0.2, 0.25) is 0 Å². The molecule has 1 saturated heterocycles. The number of anilines is 2. The molecule has 2 rings (SSSR count). The van der Waals surface area contributed by atoms with Gasteiger partial charge in [-0.2, -0.15) is 0 Å². The van der Waals surface area contributed by atoms with Crippen molar-refractivity contribution >= 4 is 11.4 Å². The summed E-state index contributed by atoms with van der Waals surface area (Å²) in [5, 5.41) is 3.44. The summed E-state index contributed by atoms with van der Waals surface area (Å²) < 4.78 is 0. The lowest BCUT2D eigenvalue weighted by molar-refractivity contribution is 0.175. The molecule has 1 heterocycles. The first-order valence-electron chi connectivity index (χ1n) is 7.09. The fraction of sp³-hybridized carbons (Fsp3) is 0.600. The van der Waals surface area contributed by atoms with Crippen molar-refractivity contribution in [2.24, 2.45) is 0 Å². The topological polar surface area (TPSA) is 41.3 Å². The van der Waals surface area contributed by atoms with Crippen LogP contribution in [0, 0.1) is 0 Å². The Morgan fingerprint density at radius 3 is 2.67 bits per heavy atom. The molecular formula is C15H25N3. The molecule has 0 bridgehead atoms. The zero-order valence-electron chi connectivity index (χ0n) is 11.6. The number of piperidine rings is 1. The lowest BCUT2D eigenvalue weighted by atomic mass is 10.0. The molecule has 1 aromatic carbocycles. The lowest BCUT2D eigenvalue weighted by Crippen LogP contribution is -2.32. The van der Waals surface area contributed by atoms with Crippen molar-refractivity contribution in [2.75, 3.05) is 30.7 Å². The predicted molar refractivity (Wildman–Crippen MR) is 78.9 cm³/mol. The number of nitrogens with two attached hydrogens (primary N) is 1. The molecular weight excluding hydrogens is 222 g/mol. The number of nitrogen functional groups attached to an aromatic ring is 1. The summed E-state index contributed by atoms with van der Waals surface area (Å²) in [5.41, 5.74) is 9.36. The van der Waals surface area contributed by atoms with Crippen molar-refractivity contribution in [3.05, 3.63) is 23.8 Å². The maximum atomic E-state index is 5.94. The highest BCUT2D eigenvalue weighted by atomic mass is 15.2. The SMILES string of the molecule is CCNc1ccc(N)cc1C(C)N1CCCCC1. The normalized spacial score (nSPS) is 18.6. The molecule has 0 radical (unpaired) electrons. The highest BCUT2D eigenvalue weighted by molar-refractivity contribution is 5.59. The van der Waals surface area contributed by atoms with Crippen LogP contribution in [0.15, 0.2) is 18.2 Å². The minimum Gasteiger partial charge on any atom is -0.399 e. The van der Waals surface area contributed by atoms with Gasteiger partial charge in [-0.15, -0.1) is 0 Å². The monoisotopic (exact) mass is 247 g/mol. The van der Waals surface area contributed by atoms with Crippen LogP contribution in [-0.2, 0) is 0 Å². The van der Waals surface area contributed by atoms with Crippen molar-refractivity contribution in [2.45, 2.75) is 39.2 Å². The Bertz CT molecular complexity index is 383. The van der Waals surface area contributed by atoms with Crippen molar-refractivity contribution < 1.29 is 0 Å². The number of benzene rings is 1. The molecule has 1 unspecified atom stereocenters. The van der Waals surface area contributed by atoms with Gasteiger partial charge in [0.1, 0.15) is 0 Å². The molecule has 100 valence electrons. The van der Waals surface area contributed by atoms with Gasteiger partial charge in [0.05, 0.1) is 0 Å². The minimum atomic E-state index is 0.447. The van der Waals surface area contributed by atoms with Gasteiger partial charge in [-0.05, 0) is 63.5 Å². The second-order valence-corrected chi connectivity index (χ2v) is 5.15. The Balaban J connectivity index is 2.21. The van der Waals surface area contributed by atoms with Crippen LogP contribution in [0.3, 0.4) is 0 Å². The predicted octanol–water partition coefficient (Wildman–Crippen LogP) is 3.25. The number of likely N-dealkylation sites (tertiary alicyclic amines) is 1. The molecule has 3 N–H and O–H groups in total. The first-order chi connectivity index (χ1) is 8.72. The fourth-order valence-electron chi connectivity index (χ4n) is 2.78. The fourth-order valence-corrected chi connectivity index (χ4v) is 2.78. The van der Waals surface area contributed by atoms with E-state index in [9.17, 15) is 0 Å². The Morgan fingerprint density at radius 2 is 2.00 bits per heavy atom. The summed E-state index contributed by atoms with van der Waals surface area (Å²) in [4.78, 5) is 2.57. The highest BCUT2D eigenvalue weighted by Crippen LogP contribution is 2.31. The van der Waals surface area contributed by atoms with Crippen LogP contribution in [0.25, 0.3) is 0 Å². The van der Waals surface area contributed by atoms with E-state index < -0.39 is 0 Å². The van der Waals surface area contributed by atoms with Crippen LogP contribution in [0.1, 0.15) is 44.7 Å². The van der Waals surface area contributed by atoms with Crippen LogP contribution < -0.4 is 11.1 Å². The van der Waals surface area contributed by atoms with E-state index in [1.54, 1.807) is 0 Å². The second-order valence-electron chi connectivity index (χ2n) is 5.15. The van der Waals surface area contributed by atoms with Gasteiger partial charge in [-0.3, -0.25) is 4.90 Å². The first-order valence-corrected chi connectivity index (χ1v) is 7.09. The zero-order valence-corrected chi connectivity index (χ0v) is 11.6. The lowest BCUT2D eigenvalue weighted by Gasteiger charge is -2.33. The molecule has 0 saturated carbocycles. The molecule has 1 atom stereocenters. The number of hydrogen-bond donors (Lipinski definition) is 2. The summed E-state index contributed by atoms with van der Waals surface area (Å²) in [7, 11) is 0. The second kappa shape index (κ2) is 6.10. The number of nitrogens with one attached hydrogen (secondary N) is 1. The molecule has 1 aromatic rings. The quantitative estimate of drug-likeness (QED) is 0.803. The summed E-state index contributed by atoms with van der Waals surface area (Å²) in [6.07, 6.45) is 4.02. The summed E-state index contributed by atoms with van der Waals surface area (Å²) >= 11 is 0. The average Bonchev–Trinajstić information content (AvgIpc) is 2.41. The molecule has 0 aliphatic carbocycles. The van der Waals surface area contributed by atoms with E-state index in [1.807, 2.05) is 6.07 Å². The minimum absolute atomic E-state index is 0.447. The van der Waals surface area contributed by atoms with E-state index in [0.717, 1.165) is 12.2 Å². The van der Waals surface area contributed by atoms with E-state index in [1.165, 1.54) is 43.6 Å². The molecule has 0 amide bonds. The van der Waals surface area contributed by atoms with E-state index in [0.29, 0.717) is 6.04 Å². The number of rotatable bonds is 4. The van der Waals surface area contributed by atoms with Gasteiger partial charge in [0.25, 0.3) is 0 Å². The third-order valence-corrected chi connectivity index (χ3v) is 3.83. The van der Waals surface area contributed by atoms with E-state index in [2.05, 4.69) is 36.2 Å². The first kappa shape index (κ1) is 13.2. The molecule has 3 nitrogen and oxygen atoms in total. The third-order valence-electron chi connectivity index (χ3n) is 3.83. The van der Waals surface area contributed by atoms with E-state index in [-0.39, 0.29) is 0 Å². The van der Waals surface area contributed by atoms with Gasteiger partial charge in [0.2, 0.25) is 0 Å². The van der Waals surface area contributed by atoms with E-state index >= 15 is 0 Å². The summed E-state index contributed by atoms with van der Waals surface area (Å²) in [6, 6.07) is 6.65. The van der Waals surface area contributed by atoms with Gasteiger partial charge in [0.15, 0.2) is 0 Å². The number of nitrogens with zero attached hydrogens (tertiary/aromatic N) is 1. The Morgan fingerprint density at radius 1 is 1.28 bits per heavy atom. The average molecular weight is 247 g/mol. The van der Waals surface area contributed by atoms with Crippen LogP contribution in [0.4, 0.5) is 11.4 Å². The van der Waals surface area contributed by atoms with Crippen molar-refractivity contribution in [3.63, 3.8) is 0 Å². The van der Waals surface area contributed by atoms with E-state index in [4.69, 9.17) is 5.73 Å². The van der Waals surface area contributed by atoms with Gasteiger partial charge in [0, 0.05) is 24.0 Å². The smallest absolute Gasteiger partial charge is 0.0390 e. The molecule has 1 fully saturated rings. The van der Waals surface area contributed by atoms with Gasteiger partial charge >= 0.3 is 0 Å². The van der Waals surface area contributed by atoms with Crippen molar-refractivity contribution in [1.82, 2.24) is 4.90 Å². The van der Waals surface area contributed by atoms with Crippen LogP contribution in [-0.4, -0.2) is 24.5 Å². The molecule has 1 aliphatic heterocycles. The van der Waals surface area contributed by atoms with Gasteiger partial charge < -0.3 is 11.1 Å². The number of hydrogen-bond acceptors (Lipinski definition) is 3. The van der Waals surface area contributed by atoms with Gasteiger partial charge in [-0.25, -0.2) is 0 Å². The molecule has 0 spiro atoms. The summed E-state index contributed by atoms with van der Waals surface area (Å²) in [6.45, 7) is 7.79. The largest absolute Gasteiger partial charge is 0.399 e. The van der Waals surface area contributed by atoms with Crippen LogP contribution >= 0.6 is 0 Å². The standard InChI is InChI=1S/C15H25N3/c1-3-17-15-8-7-13(16)11-14(15)12(2)18-9-5-4-6-10-18/h7-8,11-12,17H,3-6,9-10,16H2,1-2H3. The molecule has 18 heavy (non-hydrogen) atoms. The van der Waals surface area contributed by atoms with Crippen molar-refractivity contribution in [1.29, 1.82) is 0 Å². The maximum Gasteiger partial charge on any atom is 0.0390 e. The summed E-state index contributed by atoms with van der Waals surface area (Å²) in [5.74, 6) is 0. The zero-order chi connectivity index (χ0) is 13.0. The van der Waals surface area contributed by atoms with Crippen molar-refractivity contribution in [3.8, 4) is 0 Å². The van der Waals surface area contributed by atoms with Crippen LogP contribution in [0.5, 0.6) is 0 Å². The molecule has 3 heteroatoms.